The van der Waals surface area contributed by atoms with Crippen LogP contribution >= 0.6 is 12.4 Å². The summed E-state index contributed by atoms with van der Waals surface area (Å²) in [5.74, 6) is 0.803. The Hall–Kier alpha value is -1.88. The molecule has 24 heavy (non-hydrogen) atoms. The Morgan fingerprint density at radius 3 is 2.46 bits per heavy atom. The van der Waals surface area contributed by atoms with Gasteiger partial charge in [-0.1, -0.05) is 56.3 Å². The van der Waals surface area contributed by atoms with Crippen LogP contribution in [0.25, 0.3) is 0 Å². The van der Waals surface area contributed by atoms with Crippen molar-refractivity contribution in [2.75, 3.05) is 0 Å². The number of fused-ring (bicyclic) bond motifs is 1. The summed E-state index contributed by atoms with van der Waals surface area (Å²) in [5.41, 5.74) is 11.8. The third-order valence-corrected chi connectivity index (χ3v) is 4.33. The summed E-state index contributed by atoms with van der Waals surface area (Å²) in [6.45, 7) is 4.34. The lowest BCUT2D eigenvalue weighted by Crippen LogP contribution is -2.46. The van der Waals surface area contributed by atoms with Crippen molar-refractivity contribution in [2.24, 2.45) is 5.73 Å². The number of hydrogen-bond acceptors (Lipinski definition) is 4. The molecule has 4 nitrogen and oxygen atoms in total. The van der Waals surface area contributed by atoms with Gasteiger partial charge in [0, 0.05) is 5.56 Å². The zero-order chi connectivity index (χ0) is 16.4. The second-order valence-electron chi connectivity index (χ2n) is 6.29. The lowest BCUT2D eigenvalue weighted by Gasteiger charge is -2.17. The molecule has 128 valence electrons. The van der Waals surface area contributed by atoms with E-state index < -0.39 is 6.17 Å². The molecule has 0 spiro atoms. The monoisotopic (exact) mass is 346 g/mol. The Balaban J connectivity index is 0.00000208. The molecule has 3 N–H and O–H groups in total. The average Bonchev–Trinajstić information content (AvgIpc) is 2.68. The second-order valence-corrected chi connectivity index (χ2v) is 6.29. The number of nitrogens with two attached hydrogens (primary N) is 1. The zero-order valence-electron chi connectivity index (χ0n) is 13.9. The molecule has 2 aromatic carbocycles. The van der Waals surface area contributed by atoms with E-state index in [2.05, 4.69) is 43.6 Å². The van der Waals surface area contributed by atoms with E-state index in [-0.39, 0.29) is 24.1 Å². The molecule has 2 atom stereocenters. The highest BCUT2D eigenvalue weighted by Gasteiger charge is 2.31. The first-order valence-corrected chi connectivity index (χ1v) is 7.95. The fourth-order valence-corrected chi connectivity index (χ4v) is 2.90. The quantitative estimate of drug-likeness (QED) is 0.895. The van der Waals surface area contributed by atoms with Crippen LogP contribution in [0.1, 0.15) is 42.4 Å². The maximum atomic E-state index is 12.6. The van der Waals surface area contributed by atoms with Crippen LogP contribution in [0.15, 0.2) is 48.5 Å². The van der Waals surface area contributed by atoms with Gasteiger partial charge in [0.15, 0.2) is 11.5 Å². The molecule has 0 radical (unpaired) electrons. The van der Waals surface area contributed by atoms with E-state index in [0.717, 1.165) is 11.1 Å². The SMILES string of the molecule is CC(C)c1ccc(CC2C(=O)C(N)NOc3ccccc32)cc1.Cl. The van der Waals surface area contributed by atoms with E-state index >= 15 is 0 Å². The molecule has 5 heteroatoms. The number of carbonyl (C=O) groups excluding carboxylic acids is 1. The predicted molar refractivity (Wildman–Crippen MR) is 97.4 cm³/mol. The van der Waals surface area contributed by atoms with Crippen LogP contribution in [-0.4, -0.2) is 11.9 Å². The Labute approximate surface area is 148 Å². The lowest BCUT2D eigenvalue weighted by atomic mass is 9.86. The molecular formula is C19H23ClN2O2. The van der Waals surface area contributed by atoms with E-state index in [4.69, 9.17) is 10.6 Å². The van der Waals surface area contributed by atoms with Crippen molar-refractivity contribution >= 4 is 18.2 Å². The third kappa shape index (κ3) is 3.78. The number of ketones is 1. The van der Waals surface area contributed by atoms with E-state index in [0.29, 0.717) is 18.1 Å². The molecule has 0 bridgehead atoms. The Morgan fingerprint density at radius 1 is 1.12 bits per heavy atom. The topological polar surface area (TPSA) is 64.4 Å². The number of halogens is 1. The lowest BCUT2D eigenvalue weighted by molar-refractivity contribution is -0.123. The number of nitrogens with one attached hydrogen (secondary N) is 1. The molecule has 0 fully saturated rings. The number of Topliss-reactive ketones (excluding diaryl/α,β-unsaturated/α-hetero) is 1. The standard InChI is InChI=1S/C19H22N2O2.ClH/c1-12(2)14-9-7-13(8-10-14)11-16-15-5-3-4-6-17(15)23-21-19(20)18(16)22;/h3-10,12,16,19,21H,11,20H2,1-2H3;1H. The molecule has 0 amide bonds. The first-order valence-electron chi connectivity index (χ1n) is 7.95. The molecule has 0 aromatic heterocycles. The number of hydrogen-bond donors (Lipinski definition) is 2. The predicted octanol–water partition coefficient (Wildman–Crippen LogP) is 3.31. The first-order chi connectivity index (χ1) is 11.1. The molecule has 2 unspecified atom stereocenters. The van der Waals surface area contributed by atoms with Crippen LogP contribution < -0.4 is 16.1 Å². The van der Waals surface area contributed by atoms with Crippen molar-refractivity contribution < 1.29 is 9.63 Å². The minimum absolute atomic E-state index is 0. The van der Waals surface area contributed by atoms with Crippen LogP contribution in [0, 0.1) is 0 Å². The van der Waals surface area contributed by atoms with Gasteiger partial charge in [0.2, 0.25) is 0 Å². The Bertz CT molecular complexity index is 701. The van der Waals surface area contributed by atoms with E-state index in [1.54, 1.807) is 0 Å². The summed E-state index contributed by atoms with van der Waals surface area (Å²) in [4.78, 5) is 18.1. The first kappa shape index (κ1) is 18.5. The number of rotatable bonds is 3. The van der Waals surface area contributed by atoms with E-state index in [1.165, 1.54) is 5.56 Å². The Kier molecular flexibility index (Phi) is 5.99. The van der Waals surface area contributed by atoms with Gasteiger partial charge in [0.25, 0.3) is 0 Å². The van der Waals surface area contributed by atoms with Crippen molar-refractivity contribution in [3.63, 3.8) is 0 Å². The normalized spacial score (nSPS) is 19.9. The highest BCUT2D eigenvalue weighted by Crippen LogP contribution is 2.32. The van der Waals surface area contributed by atoms with Crippen LogP contribution in [0.4, 0.5) is 0 Å². The minimum Gasteiger partial charge on any atom is -0.406 e. The maximum absolute atomic E-state index is 12.6. The summed E-state index contributed by atoms with van der Waals surface area (Å²) >= 11 is 0. The number of benzene rings is 2. The molecule has 1 aliphatic heterocycles. The molecule has 1 heterocycles. The molecule has 0 saturated heterocycles. The van der Waals surface area contributed by atoms with Crippen molar-refractivity contribution in [3.8, 4) is 5.75 Å². The second kappa shape index (κ2) is 7.79. The molecule has 1 aliphatic rings. The number of para-hydroxylation sites is 1. The summed E-state index contributed by atoms with van der Waals surface area (Å²) in [6.07, 6.45) is -0.199. The Morgan fingerprint density at radius 2 is 1.79 bits per heavy atom. The number of hydroxylamine groups is 1. The van der Waals surface area contributed by atoms with Gasteiger partial charge in [-0.3, -0.25) is 4.79 Å². The summed E-state index contributed by atoms with van der Waals surface area (Å²) in [6, 6.07) is 16.0. The highest BCUT2D eigenvalue weighted by molar-refractivity contribution is 5.91. The number of carbonyl (C=O) groups is 1. The smallest absolute Gasteiger partial charge is 0.175 e. The van der Waals surface area contributed by atoms with Crippen molar-refractivity contribution in [1.29, 1.82) is 0 Å². The van der Waals surface area contributed by atoms with E-state index in [1.807, 2.05) is 24.3 Å². The molecule has 0 aliphatic carbocycles. The highest BCUT2D eigenvalue weighted by atomic mass is 35.5. The summed E-state index contributed by atoms with van der Waals surface area (Å²) in [7, 11) is 0. The van der Waals surface area contributed by atoms with Crippen LogP contribution in [0.2, 0.25) is 0 Å². The van der Waals surface area contributed by atoms with Gasteiger partial charge in [-0.2, -0.15) is 0 Å². The largest absolute Gasteiger partial charge is 0.406 e. The van der Waals surface area contributed by atoms with Gasteiger partial charge in [-0.15, -0.1) is 17.9 Å². The maximum Gasteiger partial charge on any atom is 0.175 e. The van der Waals surface area contributed by atoms with Gasteiger partial charge in [0.1, 0.15) is 6.17 Å². The fourth-order valence-electron chi connectivity index (χ4n) is 2.90. The van der Waals surface area contributed by atoms with Crippen molar-refractivity contribution in [2.45, 2.75) is 38.3 Å². The minimum atomic E-state index is -0.817. The molecule has 3 rings (SSSR count). The van der Waals surface area contributed by atoms with Crippen LogP contribution in [-0.2, 0) is 11.2 Å². The third-order valence-electron chi connectivity index (χ3n) is 4.33. The average molecular weight is 347 g/mol. The zero-order valence-corrected chi connectivity index (χ0v) is 14.7. The van der Waals surface area contributed by atoms with Gasteiger partial charge < -0.3 is 10.6 Å². The summed E-state index contributed by atoms with van der Waals surface area (Å²) in [5, 5.41) is 0. The van der Waals surface area contributed by atoms with E-state index in [9.17, 15) is 4.79 Å². The van der Waals surface area contributed by atoms with Crippen molar-refractivity contribution in [3.05, 3.63) is 65.2 Å². The molecule has 2 aromatic rings. The van der Waals surface area contributed by atoms with Crippen LogP contribution in [0.5, 0.6) is 5.75 Å². The fraction of sp³-hybridized carbons (Fsp3) is 0.316. The van der Waals surface area contributed by atoms with Gasteiger partial charge in [-0.25, -0.2) is 0 Å². The van der Waals surface area contributed by atoms with Gasteiger partial charge >= 0.3 is 0 Å². The summed E-state index contributed by atoms with van der Waals surface area (Å²) < 4.78 is 0. The molecular weight excluding hydrogens is 324 g/mol. The van der Waals surface area contributed by atoms with Gasteiger partial charge in [0.05, 0.1) is 5.92 Å². The van der Waals surface area contributed by atoms with Crippen LogP contribution in [0.3, 0.4) is 0 Å². The van der Waals surface area contributed by atoms with Crippen molar-refractivity contribution in [1.82, 2.24) is 5.48 Å². The van der Waals surface area contributed by atoms with Gasteiger partial charge in [-0.05, 0) is 29.5 Å². The molecule has 0 saturated carbocycles.